The highest BCUT2D eigenvalue weighted by Crippen LogP contribution is 2.17. The molecule has 114 valence electrons. The maximum Gasteiger partial charge on any atom is 0.191 e. The minimum absolute atomic E-state index is 0. The molecule has 0 unspecified atom stereocenters. The van der Waals surface area contributed by atoms with E-state index in [0.29, 0.717) is 5.92 Å². The van der Waals surface area contributed by atoms with Gasteiger partial charge in [-0.15, -0.1) is 35.7 Å². The number of nitrogens with zero attached hydrogens (tertiary/aromatic N) is 1. The fourth-order valence-corrected chi connectivity index (χ4v) is 2.26. The number of guanidine groups is 1. The fraction of sp³-hybridized carbons (Fsp3) is 0.533. The Bertz CT molecular complexity index is 391. The Balaban J connectivity index is 0.00000361. The van der Waals surface area contributed by atoms with Crippen molar-refractivity contribution in [2.45, 2.75) is 25.7 Å². The van der Waals surface area contributed by atoms with E-state index in [1.54, 1.807) is 0 Å². The lowest BCUT2D eigenvalue weighted by molar-refractivity contribution is 0.616. The molecule has 0 aliphatic rings. The molecule has 0 saturated heterocycles. The maximum absolute atomic E-state index is 4.20. The summed E-state index contributed by atoms with van der Waals surface area (Å²) in [5, 5.41) is 6.63. The second-order valence-corrected chi connectivity index (χ2v) is 6.10. The van der Waals surface area contributed by atoms with Crippen LogP contribution in [-0.2, 0) is 0 Å². The monoisotopic (exact) mass is 407 g/mol. The highest BCUT2D eigenvalue weighted by atomic mass is 127. The Morgan fingerprint density at radius 1 is 1.20 bits per heavy atom. The van der Waals surface area contributed by atoms with Crippen molar-refractivity contribution in [3.63, 3.8) is 0 Å². The van der Waals surface area contributed by atoms with Gasteiger partial charge < -0.3 is 10.6 Å². The molecule has 0 atom stereocenters. The van der Waals surface area contributed by atoms with Gasteiger partial charge in [-0.05, 0) is 25.0 Å². The number of aryl methyl sites for hydroxylation is 1. The van der Waals surface area contributed by atoms with Crippen molar-refractivity contribution < 1.29 is 0 Å². The third-order valence-corrected chi connectivity index (χ3v) is 3.60. The van der Waals surface area contributed by atoms with E-state index in [1.807, 2.05) is 18.8 Å². The predicted octanol–water partition coefficient (Wildman–Crippen LogP) is 3.53. The van der Waals surface area contributed by atoms with Crippen LogP contribution < -0.4 is 10.6 Å². The Hall–Kier alpha value is -0.430. The van der Waals surface area contributed by atoms with Crippen LogP contribution in [0.4, 0.5) is 0 Å². The molecule has 0 amide bonds. The Kier molecular flexibility index (Phi) is 11.0. The summed E-state index contributed by atoms with van der Waals surface area (Å²) in [5.41, 5.74) is 1.31. The molecular formula is C15H26IN3S. The van der Waals surface area contributed by atoms with E-state index in [4.69, 9.17) is 0 Å². The van der Waals surface area contributed by atoms with Crippen LogP contribution in [0, 0.1) is 12.8 Å². The minimum Gasteiger partial charge on any atom is -0.356 e. The molecule has 0 aliphatic carbocycles. The Labute approximate surface area is 144 Å². The number of hydrogen-bond donors (Lipinski definition) is 2. The van der Waals surface area contributed by atoms with Crippen molar-refractivity contribution in [2.24, 2.45) is 10.9 Å². The van der Waals surface area contributed by atoms with Crippen LogP contribution in [0.2, 0.25) is 0 Å². The second-order valence-electron chi connectivity index (χ2n) is 4.94. The van der Waals surface area contributed by atoms with Gasteiger partial charge >= 0.3 is 0 Å². The van der Waals surface area contributed by atoms with Gasteiger partial charge in [0, 0.05) is 30.8 Å². The van der Waals surface area contributed by atoms with Crippen molar-refractivity contribution in [3.05, 3.63) is 29.8 Å². The van der Waals surface area contributed by atoms with Crippen LogP contribution in [0.5, 0.6) is 0 Å². The largest absolute Gasteiger partial charge is 0.356 e. The number of aliphatic imine (C=N–C) groups is 1. The molecule has 0 bridgehead atoms. The molecule has 0 spiro atoms. The molecule has 0 radical (unpaired) electrons. The molecule has 3 nitrogen and oxygen atoms in total. The number of halogens is 1. The van der Waals surface area contributed by atoms with E-state index in [1.165, 1.54) is 10.5 Å². The summed E-state index contributed by atoms with van der Waals surface area (Å²) in [6, 6.07) is 8.65. The summed E-state index contributed by atoms with van der Waals surface area (Å²) < 4.78 is 0. The van der Waals surface area contributed by atoms with Crippen molar-refractivity contribution in [2.75, 3.05) is 25.9 Å². The average molecular weight is 407 g/mol. The zero-order valence-electron chi connectivity index (χ0n) is 12.8. The van der Waals surface area contributed by atoms with Crippen LogP contribution in [0.25, 0.3) is 0 Å². The lowest BCUT2D eigenvalue weighted by Gasteiger charge is -2.13. The quantitative estimate of drug-likeness (QED) is 0.249. The maximum atomic E-state index is 4.20. The van der Waals surface area contributed by atoms with Gasteiger partial charge in [0.1, 0.15) is 0 Å². The van der Waals surface area contributed by atoms with Gasteiger partial charge in [0.15, 0.2) is 5.96 Å². The molecule has 20 heavy (non-hydrogen) atoms. The van der Waals surface area contributed by atoms with Gasteiger partial charge in [-0.25, -0.2) is 0 Å². The summed E-state index contributed by atoms with van der Waals surface area (Å²) in [6.45, 7) is 8.35. The lowest BCUT2D eigenvalue weighted by Crippen LogP contribution is -2.40. The van der Waals surface area contributed by atoms with E-state index < -0.39 is 0 Å². The van der Waals surface area contributed by atoms with Crippen molar-refractivity contribution in [1.29, 1.82) is 0 Å². The van der Waals surface area contributed by atoms with Crippen LogP contribution >= 0.6 is 35.7 Å². The summed E-state index contributed by atoms with van der Waals surface area (Å²) >= 11 is 1.86. The van der Waals surface area contributed by atoms with Crippen molar-refractivity contribution >= 4 is 41.7 Å². The predicted molar refractivity (Wildman–Crippen MR) is 102 cm³/mol. The Morgan fingerprint density at radius 3 is 2.40 bits per heavy atom. The first-order valence-corrected chi connectivity index (χ1v) is 7.74. The van der Waals surface area contributed by atoms with Gasteiger partial charge in [0.2, 0.25) is 0 Å². The summed E-state index contributed by atoms with van der Waals surface area (Å²) in [5.74, 6) is 2.55. The summed E-state index contributed by atoms with van der Waals surface area (Å²) in [4.78, 5) is 5.52. The van der Waals surface area contributed by atoms with Crippen molar-refractivity contribution in [3.8, 4) is 0 Å². The highest BCUT2D eigenvalue weighted by Gasteiger charge is 1.99. The van der Waals surface area contributed by atoms with Gasteiger partial charge in [-0.3, -0.25) is 4.99 Å². The molecule has 0 aromatic heterocycles. The first-order valence-electron chi connectivity index (χ1n) is 6.76. The fourth-order valence-electron chi connectivity index (χ4n) is 1.49. The summed E-state index contributed by atoms with van der Waals surface area (Å²) in [7, 11) is 1.81. The molecule has 1 aromatic rings. The molecule has 2 N–H and O–H groups in total. The zero-order valence-corrected chi connectivity index (χ0v) is 15.9. The third kappa shape index (κ3) is 8.68. The van der Waals surface area contributed by atoms with E-state index in [-0.39, 0.29) is 24.0 Å². The molecule has 0 fully saturated rings. The molecule has 0 saturated carbocycles. The second kappa shape index (κ2) is 11.3. The topological polar surface area (TPSA) is 36.4 Å². The van der Waals surface area contributed by atoms with Gasteiger partial charge in [-0.2, -0.15) is 0 Å². The minimum atomic E-state index is 0. The van der Waals surface area contributed by atoms with Crippen LogP contribution in [0.15, 0.2) is 34.2 Å². The third-order valence-electron chi connectivity index (χ3n) is 2.59. The van der Waals surface area contributed by atoms with Gasteiger partial charge in [0.25, 0.3) is 0 Å². The first kappa shape index (κ1) is 19.6. The molecule has 1 rings (SSSR count). The number of benzene rings is 1. The van der Waals surface area contributed by atoms with E-state index in [0.717, 1.165) is 24.8 Å². The lowest BCUT2D eigenvalue weighted by atomic mass is 10.2. The smallest absolute Gasteiger partial charge is 0.191 e. The number of nitrogens with one attached hydrogen (secondary N) is 2. The average Bonchev–Trinajstić information content (AvgIpc) is 2.40. The van der Waals surface area contributed by atoms with E-state index >= 15 is 0 Å². The van der Waals surface area contributed by atoms with Gasteiger partial charge in [0.05, 0.1) is 0 Å². The summed E-state index contributed by atoms with van der Waals surface area (Å²) in [6.07, 6.45) is 0. The molecule has 0 aliphatic heterocycles. The van der Waals surface area contributed by atoms with Crippen LogP contribution in [-0.4, -0.2) is 31.8 Å². The molecular weight excluding hydrogens is 381 g/mol. The number of hydrogen-bond acceptors (Lipinski definition) is 2. The first-order chi connectivity index (χ1) is 9.11. The van der Waals surface area contributed by atoms with Crippen molar-refractivity contribution in [1.82, 2.24) is 10.6 Å². The number of thioether (sulfide) groups is 1. The normalized spacial score (nSPS) is 11.2. The molecule has 5 heteroatoms. The Morgan fingerprint density at radius 2 is 1.85 bits per heavy atom. The van der Waals surface area contributed by atoms with E-state index in [9.17, 15) is 0 Å². The number of rotatable bonds is 6. The van der Waals surface area contributed by atoms with E-state index in [2.05, 4.69) is 60.7 Å². The zero-order chi connectivity index (χ0) is 14.1. The molecule has 1 aromatic carbocycles. The van der Waals surface area contributed by atoms with Crippen LogP contribution in [0.3, 0.4) is 0 Å². The van der Waals surface area contributed by atoms with Gasteiger partial charge in [-0.1, -0.05) is 31.5 Å². The van der Waals surface area contributed by atoms with Crippen LogP contribution in [0.1, 0.15) is 19.4 Å². The standard InChI is InChI=1S/C15H25N3S.HI/c1-12(2)11-18-15(16-4)17-9-10-19-14-7-5-13(3)6-8-14;/h5-8,12H,9-11H2,1-4H3,(H2,16,17,18);1H. The highest BCUT2D eigenvalue weighted by molar-refractivity contribution is 14.0. The molecule has 0 heterocycles. The SMILES string of the molecule is CN=C(NCCSc1ccc(C)cc1)NCC(C)C.I.